The summed E-state index contributed by atoms with van der Waals surface area (Å²) in [6, 6.07) is 0.196. The van der Waals surface area contributed by atoms with Crippen LogP contribution in [0.3, 0.4) is 0 Å². The molecule has 1 heterocycles. The van der Waals surface area contributed by atoms with Crippen LogP contribution in [-0.4, -0.2) is 27.8 Å². The van der Waals surface area contributed by atoms with Crippen molar-refractivity contribution in [1.82, 2.24) is 14.7 Å². The molecule has 3 nitrogen and oxygen atoms in total. The summed E-state index contributed by atoms with van der Waals surface area (Å²) in [7, 11) is 3.28. The van der Waals surface area contributed by atoms with E-state index in [9.17, 15) is 13.2 Å². The molecule has 0 amide bonds. The summed E-state index contributed by atoms with van der Waals surface area (Å²) in [5.41, 5.74) is -0.575. The van der Waals surface area contributed by atoms with Crippen molar-refractivity contribution in [3.05, 3.63) is 17.5 Å². The Morgan fingerprint density at radius 1 is 1.44 bits per heavy atom. The Labute approximate surface area is 92.8 Å². The Morgan fingerprint density at radius 2 is 2.00 bits per heavy atom. The molecule has 1 aromatic heterocycles. The number of hydrogen-bond acceptors (Lipinski definition) is 2. The fourth-order valence-electron chi connectivity index (χ4n) is 1.34. The Morgan fingerprint density at radius 3 is 2.44 bits per heavy atom. The fourth-order valence-corrected chi connectivity index (χ4v) is 1.34. The molecule has 16 heavy (non-hydrogen) atoms. The van der Waals surface area contributed by atoms with E-state index < -0.39 is 11.9 Å². The van der Waals surface area contributed by atoms with Gasteiger partial charge >= 0.3 is 6.18 Å². The van der Waals surface area contributed by atoms with Gasteiger partial charge in [0.1, 0.15) is 0 Å². The number of halogens is 3. The summed E-state index contributed by atoms with van der Waals surface area (Å²) < 4.78 is 39.1. The maximum absolute atomic E-state index is 12.6. The topological polar surface area (TPSA) is 21.1 Å². The van der Waals surface area contributed by atoms with Crippen molar-refractivity contribution in [2.45, 2.75) is 32.6 Å². The second-order valence-electron chi connectivity index (χ2n) is 4.18. The highest BCUT2D eigenvalue weighted by Crippen LogP contribution is 2.31. The van der Waals surface area contributed by atoms with Crippen LogP contribution in [0.25, 0.3) is 0 Å². The second-order valence-corrected chi connectivity index (χ2v) is 4.18. The number of alkyl halides is 3. The van der Waals surface area contributed by atoms with Crippen molar-refractivity contribution < 1.29 is 13.2 Å². The minimum absolute atomic E-state index is 0.196. The number of rotatable bonds is 3. The Bertz CT molecular complexity index is 355. The molecular weight excluding hydrogens is 219 g/mol. The number of aryl methyl sites for hydroxylation is 1. The predicted octanol–water partition coefficient (Wildman–Crippen LogP) is 2.28. The highest BCUT2D eigenvalue weighted by molar-refractivity contribution is 5.19. The van der Waals surface area contributed by atoms with Gasteiger partial charge < -0.3 is 0 Å². The van der Waals surface area contributed by atoms with E-state index in [0.717, 1.165) is 0 Å². The van der Waals surface area contributed by atoms with Crippen LogP contribution in [0, 0.1) is 0 Å². The SMILES string of the molecule is CC(C)N(C)Cc1cn(C)nc1C(F)(F)F. The molecule has 0 aromatic carbocycles. The molecule has 0 saturated heterocycles. The van der Waals surface area contributed by atoms with Gasteiger partial charge in [-0.15, -0.1) is 0 Å². The average Bonchev–Trinajstić information content (AvgIpc) is 2.45. The molecule has 0 unspecified atom stereocenters. The summed E-state index contributed by atoms with van der Waals surface area (Å²) in [6.45, 7) is 4.12. The van der Waals surface area contributed by atoms with Crippen molar-refractivity contribution >= 4 is 0 Å². The van der Waals surface area contributed by atoms with E-state index in [1.807, 2.05) is 18.7 Å². The van der Waals surface area contributed by atoms with Crippen LogP contribution in [-0.2, 0) is 19.8 Å². The van der Waals surface area contributed by atoms with Crippen LogP contribution in [0.1, 0.15) is 25.1 Å². The lowest BCUT2D eigenvalue weighted by atomic mass is 10.2. The molecule has 0 aliphatic heterocycles. The van der Waals surface area contributed by atoms with Gasteiger partial charge in [-0.05, 0) is 20.9 Å². The van der Waals surface area contributed by atoms with Gasteiger partial charge in [0, 0.05) is 31.4 Å². The lowest BCUT2D eigenvalue weighted by molar-refractivity contribution is -0.142. The molecule has 0 aliphatic rings. The summed E-state index contributed by atoms with van der Waals surface area (Å²) in [6.07, 6.45) is -2.96. The van der Waals surface area contributed by atoms with Crippen LogP contribution in [0.2, 0.25) is 0 Å². The molecule has 0 atom stereocenters. The van der Waals surface area contributed by atoms with Gasteiger partial charge in [-0.2, -0.15) is 18.3 Å². The lowest BCUT2D eigenvalue weighted by Crippen LogP contribution is -2.26. The molecular formula is C10H16F3N3. The van der Waals surface area contributed by atoms with Crippen molar-refractivity contribution in [1.29, 1.82) is 0 Å². The highest BCUT2D eigenvalue weighted by atomic mass is 19.4. The monoisotopic (exact) mass is 235 g/mol. The van der Waals surface area contributed by atoms with Crippen molar-refractivity contribution in [2.75, 3.05) is 7.05 Å². The van der Waals surface area contributed by atoms with Crippen LogP contribution >= 0.6 is 0 Å². The van der Waals surface area contributed by atoms with Gasteiger partial charge in [0.05, 0.1) is 0 Å². The number of hydrogen-bond donors (Lipinski definition) is 0. The third kappa shape index (κ3) is 2.98. The van der Waals surface area contributed by atoms with Gasteiger partial charge in [-0.1, -0.05) is 0 Å². The zero-order valence-corrected chi connectivity index (χ0v) is 9.84. The standard InChI is InChI=1S/C10H16F3N3/c1-7(2)15(3)5-8-6-16(4)14-9(8)10(11,12)13/h6-7H,5H2,1-4H3. The minimum Gasteiger partial charge on any atom is -0.300 e. The first kappa shape index (κ1) is 13.0. The maximum atomic E-state index is 12.6. The molecule has 0 bridgehead atoms. The van der Waals surface area contributed by atoms with Gasteiger partial charge in [0.25, 0.3) is 0 Å². The number of aromatic nitrogens is 2. The first-order chi connectivity index (χ1) is 7.21. The summed E-state index contributed by atoms with van der Waals surface area (Å²) in [5.74, 6) is 0. The van der Waals surface area contributed by atoms with E-state index >= 15 is 0 Å². The minimum atomic E-state index is -4.38. The zero-order valence-electron chi connectivity index (χ0n) is 9.84. The first-order valence-electron chi connectivity index (χ1n) is 5.01. The van der Waals surface area contributed by atoms with Crippen molar-refractivity contribution in [3.8, 4) is 0 Å². The number of nitrogens with zero attached hydrogens (tertiary/aromatic N) is 3. The van der Waals surface area contributed by atoms with Crippen LogP contribution in [0.15, 0.2) is 6.20 Å². The Balaban J connectivity index is 2.96. The predicted molar refractivity (Wildman–Crippen MR) is 54.8 cm³/mol. The normalized spacial score (nSPS) is 12.8. The van der Waals surface area contributed by atoms with E-state index in [4.69, 9.17) is 0 Å². The summed E-state index contributed by atoms with van der Waals surface area (Å²) in [5, 5.41) is 3.46. The third-order valence-corrected chi connectivity index (χ3v) is 2.47. The van der Waals surface area contributed by atoms with E-state index in [1.54, 1.807) is 7.05 Å². The lowest BCUT2D eigenvalue weighted by Gasteiger charge is -2.20. The quantitative estimate of drug-likeness (QED) is 0.801. The molecule has 0 fully saturated rings. The summed E-state index contributed by atoms with van der Waals surface area (Å²) >= 11 is 0. The van der Waals surface area contributed by atoms with Gasteiger partial charge in [0.2, 0.25) is 0 Å². The third-order valence-electron chi connectivity index (χ3n) is 2.47. The molecule has 1 aromatic rings. The van der Waals surface area contributed by atoms with Crippen LogP contribution in [0.4, 0.5) is 13.2 Å². The van der Waals surface area contributed by atoms with E-state index in [-0.39, 0.29) is 18.2 Å². The van der Waals surface area contributed by atoms with Gasteiger partial charge in [-0.3, -0.25) is 9.58 Å². The van der Waals surface area contributed by atoms with Crippen molar-refractivity contribution in [2.24, 2.45) is 7.05 Å². The summed E-state index contributed by atoms with van der Waals surface area (Å²) in [4.78, 5) is 1.84. The molecule has 1 rings (SSSR count). The van der Waals surface area contributed by atoms with Crippen LogP contribution in [0.5, 0.6) is 0 Å². The van der Waals surface area contributed by atoms with Crippen molar-refractivity contribution in [3.63, 3.8) is 0 Å². The first-order valence-corrected chi connectivity index (χ1v) is 5.01. The highest BCUT2D eigenvalue weighted by Gasteiger charge is 2.37. The van der Waals surface area contributed by atoms with E-state index in [1.165, 1.54) is 17.9 Å². The van der Waals surface area contributed by atoms with Crippen LogP contribution < -0.4 is 0 Å². The molecule has 0 aliphatic carbocycles. The maximum Gasteiger partial charge on any atom is 0.435 e. The Hall–Kier alpha value is -1.04. The molecule has 0 saturated carbocycles. The zero-order chi connectivity index (χ0) is 12.5. The largest absolute Gasteiger partial charge is 0.435 e. The van der Waals surface area contributed by atoms with E-state index in [0.29, 0.717) is 0 Å². The average molecular weight is 235 g/mol. The van der Waals surface area contributed by atoms with E-state index in [2.05, 4.69) is 5.10 Å². The van der Waals surface area contributed by atoms with Gasteiger partial charge in [-0.25, -0.2) is 0 Å². The van der Waals surface area contributed by atoms with Gasteiger partial charge in [0.15, 0.2) is 5.69 Å². The molecule has 6 heteroatoms. The molecule has 92 valence electrons. The fraction of sp³-hybridized carbons (Fsp3) is 0.700. The molecule has 0 N–H and O–H groups in total. The Kier molecular flexibility index (Phi) is 3.62. The smallest absolute Gasteiger partial charge is 0.300 e. The molecule has 0 radical (unpaired) electrons. The molecule has 0 spiro atoms. The second kappa shape index (κ2) is 4.45.